The zero-order valence-corrected chi connectivity index (χ0v) is 14.5. The molecule has 0 aliphatic heterocycles. The highest BCUT2D eigenvalue weighted by Crippen LogP contribution is 2.33. The smallest absolute Gasteiger partial charge is 0.410 e. The van der Waals surface area contributed by atoms with E-state index in [1.807, 2.05) is 6.92 Å². The van der Waals surface area contributed by atoms with Crippen LogP contribution in [0.1, 0.15) is 18.4 Å². The van der Waals surface area contributed by atoms with Gasteiger partial charge in [-0.25, -0.2) is 9.78 Å². The molecule has 0 bridgehead atoms. The average Bonchev–Trinajstić information content (AvgIpc) is 2.65. The van der Waals surface area contributed by atoms with Gasteiger partial charge in [0, 0.05) is 23.6 Å². The van der Waals surface area contributed by atoms with Crippen LogP contribution in [-0.4, -0.2) is 27.7 Å². The predicted molar refractivity (Wildman–Crippen MR) is 100 cm³/mol. The van der Waals surface area contributed by atoms with Crippen LogP contribution in [0.25, 0.3) is 10.8 Å². The molecular weight excluding hydrogens is 350 g/mol. The van der Waals surface area contributed by atoms with Gasteiger partial charge in [0.25, 0.3) is 5.69 Å². The SMILES string of the molecule is CC(COc1ccc([N+](=O)[O-])c2ccccc12)c1ccnc(NC(=O)O)c1. The maximum Gasteiger partial charge on any atom is 0.410 e. The summed E-state index contributed by atoms with van der Waals surface area (Å²) in [6.07, 6.45) is 0.346. The molecule has 0 aliphatic rings. The summed E-state index contributed by atoms with van der Waals surface area (Å²) in [5, 5.41) is 23.4. The lowest BCUT2D eigenvalue weighted by molar-refractivity contribution is -0.383. The third-order valence-corrected chi connectivity index (χ3v) is 4.13. The first-order valence-electron chi connectivity index (χ1n) is 8.20. The number of nitro benzene ring substituents is 1. The Bertz CT molecular complexity index is 1010. The lowest BCUT2D eigenvalue weighted by Crippen LogP contribution is -2.11. The van der Waals surface area contributed by atoms with Gasteiger partial charge >= 0.3 is 6.09 Å². The van der Waals surface area contributed by atoms with Crippen LogP contribution in [0, 0.1) is 10.1 Å². The number of ether oxygens (including phenoxy) is 1. The topological polar surface area (TPSA) is 115 Å². The zero-order chi connectivity index (χ0) is 19.4. The molecule has 0 aliphatic carbocycles. The van der Waals surface area contributed by atoms with Gasteiger partial charge in [-0.15, -0.1) is 0 Å². The number of fused-ring (bicyclic) bond motifs is 1. The number of carbonyl (C=O) groups is 1. The van der Waals surface area contributed by atoms with Gasteiger partial charge in [0.15, 0.2) is 0 Å². The number of hydrogen-bond donors (Lipinski definition) is 2. The monoisotopic (exact) mass is 367 g/mol. The van der Waals surface area contributed by atoms with Crippen molar-refractivity contribution in [3.05, 3.63) is 70.4 Å². The molecule has 8 nitrogen and oxygen atoms in total. The van der Waals surface area contributed by atoms with Crippen LogP contribution in [0.3, 0.4) is 0 Å². The summed E-state index contributed by atoms with van der Waals surface area (Å²) in [7, 11) is 0. The standard InChI is InChI=1S/C19H17N3O5/c1-12(13-8-9-20-18(10-13)21-19(23)24)11-27-17-7-6-16(22(25)26)14-4-2-3-5-15(14)17/h2-10,12H,11H2,1H3,(H,20,21)(H,23,24). The summed E-state index contributed by atoms with van der Waals surface area (Å²) >= 11 is 0. The number of nitrogens with zero attached hydrogens (tertiary/aromatic N) is 2. The maximum absolute atomic E-state index is 11.2. The molecule has 3 rings (SSSR count). The summed E-state index contributed by atoms with van der Waals surface area (Å²) in [5.41, 5.74) is 0.893. The van der Waals surface area contributed by atoms with Gasteiger partial charge in [0.2, 0.25) is 0 Å². The minimum atomic E-state index is -1.18. The van der Waals surface area contributed by atoms with Crippen LogP contribution < -0.4 is 10.1 Å². The number of nitro groups is 1. The van der Waals surface area contributed by atoms with Gasteiger partial charge < -0.3 is 9.84 Å². The molecule has 0 fully saturated rings. The molecule has 1 amide bonds. The summed E-state index contributed by atoms with van der Waals surface area (Å²) in [4.78, 5) is 25.5. The Morgan fingerprint density at radius 1 is 1.26 bits per heavy atom. The Kier molecular flexibility index (Phi) is 5.16. The number of amides is 1. The lowest BCUT2D eigenvalue weighted by atomic mass is 10.0. The van der Waals surface area contributed by atoms with Crippen LogP contribution in [0.4, 0.5) is 16.3 Å². The second kappa shape index (κ2) is 7.69. The van der Waals surface area contributed by atoms with Crippen molar-refractivity contribution in [1.82, 2.24) is 4.98 Å². The van der Waals surface area contributed by atoms with Crippen LogP contribution in [-0.2, 0) is 0 Å². The first-order chi connectivity index (χ1) is 13.0. The fraction of sp³-hybridized carbons (Fsp3) is 0.158. The van der Waals surface area contributed by atoms with Crippen LogP contribution >= 0.6 is 0 Å². The highest BCUT2D eigenvalue weighted by atomic mass is 16.6. The van der Waals surface area contributed by atoms with Crippen LogP contribution in [0.15, 0.2) is 54.7 Å². The fourth-order valence-corrected chi connectivity index (χ4v) is 2.78. The Morgan fingerprint density at radius 3 is 2.70 bits per heavy atom. The fourth-order valence-electron chi connectivity index (χ4n) is 2.78. The van der Waals surface area contributed by atoms with Crippen molar-refractivity contribution in [2.75, 3.05) is 11.9 Å². The molecule has 1 aromatic heterocycles. The third kappa shape index (κ3) is 4.12. The molecule has 0 saturated heterocycles. The van der Waals surface area contributed by atoms with Gasteiger partial charge in [-0.2, -0.15) is 0 Å². The molecule has 1 atom stereocenters. The van der Waals surface area contributed by atoms with E-state index in [0.717, 1.165) is 5.56 Å². The van der Waals surface area contributed by atoms with E-state index in [0.29, 0.717) is 23.1 Å². The van der Waals surface area contributed by atoms with Gasteiger partial charge in [-0.1, -0.05) is 25.1 Å². The van der Waals surface area contributed by atoms with Gasteiger partial charge in [-0.05, 0) is 29.8 Å². The van der Waals surface area contributed by atoms with Gasteiger partial charge in [0.05, 0.1) is 16.9 Å². The molecular formula is C19H17N3O5. The summed E-state index contributed by atoms with van der Waals surface area (Å²) < 4.78 is 5.91. The number of carboxylic acid groups (broad SMARTS) is 1. The number of anilines is 1. The number of non-ortho nitro benzene ring substituents is 1. The molecule has 1 unspecified atom stereocenters. The molecule has 8 heteroatoms. The maximum atomic E-state index is 11.2. The number of benzene rings is 2. The van der Waals surface area contributed by atoms with E-state index in [4.69, 9.17) is 9.84 Å². The summed E-state index contributed by atoms with van der Waals surface area (Å²) in [5.74, 6) is 0.755. The summed E-state index contributed by atoms with van der Waals surface area (Å²) in [6.45, 7) is 2.26. The van der Waals surface area contributed by atoms with Crippen molar-refractivity contribution in [2.24, 2.45) is 0 Å². The second-order valence-corrected chi connectivity index (χ2v) is 6.00. The van der Waals surface area contributed by atoms with E-state index in [1.54, 1.807) is 42.5 Å². The molecule has 3 aromatic rings. The zero-order valence-electron chi connectivity index (χ0n) is 14.5. The Labute approximate surface area is 154 Å². The van der Waals surface area contributed by atoms with Crippen LogP contribution in [0.2, 0.25) is 0 Å². The van der Waals surface area contributed by atoms with E-state index >= 15 is 0 Å². The van der Waals surface area contributed by atoms with Gasteiger partial charge in [-0.3, -0.25) is 15.4 Å². The molecule has 0 radical (unpaired) electrons. The quantitative estimate of drug-likeness (QED) is 0.492. The number of rotatable bonds is 6. The molecule has 138 valence electrons. The molecule has 2 N–H and O–H groups in total. The van der Waals surface area contributed by atoms with Crippen molar-refractivity contribution in [3.8, 4) is 5.75 Å². The van der Waals surface area contributed by atoms with Crippen molar-refractivity contribution in [2.45, 2.75) is 12.8 Å². The van der Waals surface area contributed by atoms with Crippen molar-refractivity contribution < 1.29 is 19.6 Å². The van der Waals surface area contributed by atoms with E-state index in [9.17, 15) is 14.9 Å². The molecule has 1 heterocycles. The number of pyridine rings is 1. The Hall–Kier alpha value is -3.68. The third-order valence-electron chi connectivity index (χ3n) is 4.13. The molecule has 0 spiro atoms. The predicted octanol–water partition coefficient (Wildman–Crippen LogP) is 4.42. The van der Waals surface area contributed by atoms with E-state index in [2.05, 4.69) is 10.3 Å². The number of aromatic nitrogens is 1. The van der Waals surface area contributed by atoms with Crippen molar-refractivity contribution in [3.63, 3.8) is 0 Å². The minimum absolute atomic E-state index is 0.0320. The summed E-state index contributed by atoms with van der Waals surface area (Å²) in [6, 6.07) is 13.5. The second-order valence-electron chi connectivity index (χ2n) is 6.00. The largest absolute Gasteiger partial charge is 0.492 e. The Morgan fingerprint density at radius 2 is 2.00 bits per heavy atom. The minimum Gasteiger partial charge on any atom is -0.492 e. The molecule has 0 saturated carbocycles. The number of nitrogens with one attached hydrogen (secondary N) is 1. The van der Waals surface area contributed by atoms with E-state index in [1.165, 1.54) is 12.3 Å². The molecule has 2 aromatic carbocycles. The average molecular weight is 367 g/mol. The van der Waals surface area contributed by atoms with Crippen molar-refractivity contribution in [1.29, 1.82) is 0 Å². The highest BCUT2D eigenvalue weighted by Gasteiger charge is 2.16. The lowest BCUT2D eigenvalue weighted by Gasteiger charge is -2.15. The van der Waals surface area contributed by atoms with Crippen molar-refractivity contribution >= 4 is 28.4 Å². The number of hydrogen-bond acceptors (Lipinski definition) is 5. The van der Waals surface area contributed by atoms with Gasteiger partial charge in [0.1, 0.15) is 11.6 Å². The first-order valence-corrected chi connectivity index (χ1v) is 8.20. The van der Waals surface area contributed by atoms with Crippen LogP contribution in [0.5, 0.6) is 5.75 Å². The normalized spacial score (nSPS) is 11.7. The highest BCUT2D eigenvalue weighted by molar-refractivity contribution is 5.95. The Balaban J connectivity index is 1.80. The molecule has 27 heavy (non-hydrogen) atoms. The first kappa shape index (κ1) is 18.1. The van der Waals surface area contributed by atoms with E-state index in [-0.39, 0.29) is 17.4 Å². The van der Waals surface area contributed by atoms with E-state index < -0.39 is 11.0 Å².